The third-order valence-corrected chi connectivity index (χ3v) is 5.06. The summed E-state index contributed by atoms with van der Waals surface area (Å²) in [7, 11) is 0. The zero-order valence-electron chi connectivity index (χ0n) is 14.8. The van der Waals surface area contributed by atoms with E-state index >= 15 is 0 Å². The number of rotatable bonds is 6. The molecule has 0 aliphatic carbocycles. The molecule has 6 heteroatoms. The Hall–Kier alpha value is -3.12. The lowest BCUT2D eigenvalue weighted by atomic mass is 10.2. The molecule has 0 saturated heterocycles. The van der Waals surface area contributed by atoms with Crippen molar-refractivity contribution in [3.05, 3.63) is 83.5 Å². The Morgan fingerprint density at radius 2 is 1.85 bits per heavy atom. The van der Waals surface area contributed by atoms with Gasteiger partial charge in [-0.15, -0.1) is 11.3 Å². The Morgan fingerprint density at radius 3 is 2.56 bits per heavy atom. The molecule has 0 spiro atoms. The minimum absolute atomic E-state index is 0.0356. The van der Waals surface area contributed by atoms with Crippen molar-refractivity contribution in [1.82, 2.24) is 4.98 Å². The van der Waals surface area contributed by atoms with Crippen LogP contribution in [0.5, 0.6) is 0 Å². The number of anilines is 1. The van der Waals surface area contributed by atoms with E-state index in [2.05, 4.69) is 4.98 Å². The van der Waals surface area contributed by atoms with Crippen molar-refractivity contribution in [2.24, 2.45) is 0 Å². The topological polar surface area (TPSA) is 59.5 Å². The standard InChI is InChI=1S/C21H18N2O3S/c1-15-6-8-17(9-7-15)23(13-18-4-2-10-25-18)20(24)12-16-14-27-21(22-16)19-5-3-11-26-19/h2-11,14H,12-13H2,1H3. The van der Waals surface area contributed by atoms with Crippen LogP contribution in [-0.2, 0) is 17.8 Å². The van der Waals surface area contributed by atoms with Gasteiger partial charge in [-0.2, -0.15) is 0 Å². The van der Waals surface area contributed by atoms with E-state index in [4.69, 9.17) is 8.83 Å². The maximum Gasteiger partial charge on any atom is 0.233 e. The fourth-order valence-electron chi connectivity index (χ4n) is 2.76. The minimum Gasteiger partial charge on any atom is -0.467 e. The largest absolute Gasteiger partial charge is 0.467 e. The first-order valence-corrected chi connectivity index (χ1v) is 9.45. The molecule has 1 aromatic carbocycles. The average Bonchev–Trinajstić information content (AvgIpc) is 3.42. The number of aryl methyl sites for hydroxylation is 1. The predicted molar refractivity (Wildman–Crippen MR) is 105 cm³/mol. The van der Waals surface area contributed by atoms with Crippen LogP contribution in [0.1, 0.15) is 17.0 Å². The molecule has 0 N–H and O–H groups in total. The molecule has 0 bridgehead atoms. The number of amides is 1. The van der Waals surface area contributed by atoms with Crippen molar-refractivity contribution in [3.8, 4) is 10.8 Å². The maximum absolute atomic E-state index is 13.0. The molecule has 0 aliphatic heterocycles. The number of aromatic nitrogens is 1. The van der Waals surface area contributed by atoms with Gasteiger partial charge in [0.15, 0.2) is 10.8 Å². The van der Waals surface area contributed by atoms with Crippen molar-refractivity contribution in [1.29, 1.82) is 0 Å². The van der Waals surface area contributed by atoms with E-state index in [1.165, 1.54) is 11.3 Å². The van der Waals surface area contributed by atoms with Gasteiger partial charge >= 0.3 is 0 Å². The minimum atomic E-state index is -0.0356. The molecule has 5 nitrogen and oxygen atoms in total. The van der Waals surface area contributed by atoms with Gasteiger partial charge in [0.2, 0.25) is 5.91 Å². The van der Waals surface area contributed by atoms with E-state index in [0.29, 0.717) is 12.3 Å². The van der Waals surface area contributed by atoms with Crippen LogP contribution < -0.4 is 4.90 Å². The molecule has 0 saturated carbocycles. The summed E-state index contributed by atoms with van der Waals surface area (Å²) in [6.45, 7) is 2.40. The maximum atomic E-state index is 13.0. The van der Waals surface area contributed by atoms with Crippen LogP contribution in [0.4, 0.5) is 5.69 Å². The van der Waals surface area contributed by atoms with Gasteiger partial charge in [0.05, 0.1) is 31.2 Å². The highest BCUT2D eigenvalue weighted by Gasteiger charge is 2.19. The van der Waals surface area contributed by atoms with Crippen molar-refractivity contribution < 1.29 is 13.6 Å². The number of thiazole rings is 1. The highest BCUT2D eigenvalue weighted by atomic mass is 32.1. The third kappa shape index (κ3) is 4.01. The molecule has 136 valence electrons. The third-order valence-electron chi connectivity index (χ3n) is 4.16. The Labute approximate surface area is 160 Å². The molecule has 0 fully saturated rings. The van der Waals surface area contributed by atoms with Crippen molar-refractivity contribution >= 4 is 22.9 Å². The van der Waals surface area contributed by atoms with Gasteiger partial charge in [0.1, 0.15) is 5.76 Å². The summed E-state index contributed by atoms with van der Waals surface area (Å²) < 4.78 is 10.8. The molecule has 0 aliphatic rings. The van der Waals surface area contributed by atoms with E-state index in [1.54, 1.807) is 17.4 Å². The second-order valence-electron chi connectivity index (χ2n) is 6.19. The second kappa shape index (κ2) is 7.63. The summed E-state index contributed by atoms with van der Waals surface area (Å²) in [5.41, 5.74) is 2.71. The molecule has 4 rings (SSSR count). The molecule has 4 aromatic rings. The lowest BCUT2D eigenvalue weighted by Crippen LogP contribution is -2.31. The summed E-state index contributed by atoms with van der Waals surface area (Å²) in [5, 5.41) is 2.67. The highest BCUT2D eigenvalue weighted by molar-refractivity contribution is 7.13. The summed E-state index contributed by atoms with van der Waals surface area (Å²) >= 11 is 1.47. The number of nitrogens with zero attached hydrogens (tertiary/aromatic N) is 2. The average molecular weight is 378 g/mol. The zero-order chi connectivity index (χ0) is 18.6. The van der Waals surface area contributed by atoms with E-state index in [9.17, 15) is 4.79 Å². The molecule has 0 radical (unpaired) electrons. The first-order chi connectivity index (χ1) is 13.2. The van der Waals surface area contributed by atoms with E-state index in [1.807, 2.05) is 60.8 Å². The molecule has 3 aromatic heterocycles. The summed E-state index contributed by atoms with van der Waals surface area (Å²) in [6, 6.07) is 15.3. The number of furan rings is 2. The summed E-state index contributed by atoms with van der Waals surface area (Å²) in [4.78, 5) is 19.3. The van der Waals surface area contributed by atoms with Crippen molar-refractivity contribution in [3.63, 3.8) is 0 Å². The highest BCUT2D eigenvalue weighted by Crippen LogP contribution is 2.25. The number of benzene rings is 1. The Kier molecular flexibility index (Phi) is 4.89. The van der Waals surface area contributed by atoms with Crippen LogP contribution in [-0.4, -0.2) is 10.9 Å². The van der Waals surface area contributed by atoms with Crippen LogP contribution in [0.25, 0.3) is 10.8 Å². The smallest absolute Gasteiger partial charge is 0.233 e. The Morgan fingerprint density at radius 1 is 1.07 bits per heavy atom. The van der Waals surface area contributed by atoms with Crippen LogP contribution in [0, 0.1) is 6.92 Å². The second-order valence-corrected chi connectivity index (χ2v) is 7.05. The number of hydrogen-bond donors (Lipinski definition) is 0. The van der Waals surface area contributed by atoms with Gasteiger partial charge in [-0.1, -0.05) is 17.7 Å². The number of carbonyl (C=O) groups excluding carboxylic acids is 1. The van der Waals surface area contributed by atoms with Gasteiger partial charge in [0.25, 0.3) is 0 Å². The molecule has 0 atom stereocenters. The monoisotopic (exact) mass is 378 g/mol. The molecule has 0 unspecified atom stereocenters. The van der Waals surface area contributed by atoms with Crippen LogP contribution in [0.3, 0.4) is 0 Å². The lowest BCUT2D eigenvalue weighted by Gasteiger charge is -2.22. The molecular weight excluding hydrogens is 360 g/mol. The first-order valence-electron chi connectivity index (χ1n) is 8.57. The summed E-state index contributed by atoms with van der Waals surface area (Å²) in [6.07, 6.45) is 3.44. The van der Waals surface area contributed by atoms with Crippen molar-refractivity contribution in [2.45, 2.75) is 19.9 Å². The Bertz CT molecular complexity index is 1000. The van der Waals surface area contributed by atoms with Gasteiger partial charge in [0, 0.05) is 11.1 Å². The van der Waals surface area contributed by atoms with Crippen LogP contribution >= 0.6 is 11.3 Å². The van der Waals surface area contributed by atoms with Crippen LogP contribution in [0.15, 0.2) is 75.3 Å². The predicted octanol–water partition coefficient (Wildman–Crippen LogP) is 5.08. The molecule has 27 heavy (non-hydrogen) atoms. The fraction of sp³-hybridized carbons (Fsp3) is 0.143. The van der Waals surface area contributed by atoms with Gasteiger partial charge in [-0.25, -0.2) is 4.98 Å². The fourth-order valence-corrected chi connectivity index (χ4v) is 3.54. The summed E-state index contributed by atoms with van der Waals surface area (Å²) in [5.74, 6) is 1.41. The molecular formula is C21H18N2O3S. The normalized spacial score (nSPS) is 10.9. The van der Waals surface area contributed by atoms with Crippen LogP contribution in [0.2, 0.25) is 0 Å². The van der Waals surface area contributed by atoms with E-state index in [-0.39, 0.29) is 12.3 Å². The van der Waals surface area contributed by atoms with Gasteiger partial charge < -0.3 is 13.7 Å². The lowest BCUT2D eigenvalue weighted by molar-refractivity contribution is -0.118. The molecule has 1 amide bonds. The number of hydrogen-bond acceptors (Lipinski definition) is 5. The number of carbonyl (C=O) groups is 1. The van der Waals surface area contributed by atoms with E-state index < -0.39 is 0 Å². The Balaban J connectivity index is 1.55. The quantitative estimate of drug-likeness (QED) is 0.469. The molecule has 3 heterocycles. The van der Waals surface area contributed by atoms with Crippen molar-refractivity contribution in [2.75, 3.05) is 4.90 Å². The van der Waals surface area contributed by atoms with Gasteiger partial charge in [-0.3, -0.25) is 4.79 Å². The zero-order valence-corrected chi connectivity index (χ0v) is 15.6. The van der Waals surface area contributed by atoms with Gasteiger partial charge in [-0.05, 0) is 43.3 Å². The first kappa shape index (κ1) is 17.3. The van der Waals surface area contributed by atoms with E-state index in [0.717, 1.165) is 27.7 Å². The SMILES string of the molecule is Cc1ccc(N(Cc2ccco2)C(=O)Cc2csc(-c3ccco3)n2)cc1.